The minimum atomic E-state index is -0.241. The van der Waals surface area contributed by atoms with Crippen molar-refractivity contribution in [3.05, 3.63) is 79.7 Å². The summed E-state index contributed by atoms with van der Waals surface area (Å²) in [6, 6.07) is 18.0. The Hall–Kier alpha value is -0.540. The van der Waals surface area contributed by atoms with Crippen molar-refractivity contribution in [3.63, 3.8) is 0 Å². The summed E-state index contributed by atoms with van der Waals surface area (Å²) in [6.07, 6.45) is 0. The first-order valence-electron chi connectivity index (χ1n) is 6.34. The fraction of sp³-hybridized carbons (Fsp3) is 0.0588. The van der Waals surface area contributed by atoms with Crippen LogP contribution in [0.1, 0.15) is 16.5 Å². The van der Waals surface area contributed by atoms with Gasteiger partial charge in [-0.1, -0.05) is 79.9 Å². The number of hydrogen-bond acceptors (Lipinski definition) is 0. The lowest BCUT2D eigenvalue weighted by Crippen LogP contribution is -1.96. The number of hydrogen-bond donors (Lipinski definition) is 0. The van der Waals surface area contributed by atoms with Crippen molar-refractivity contribution in [2.75, 3.05) is 0 Å². The SMILES string of the molecule is Clc1ccc(C(Cl)c2ccc(Br)cc2Br)c2ccccc12. The van der Waals surface area contributed by atoms with Crippen LogP contribution in [-0.2, 0) is 0 Å². The van der Waals surface area contributed by atoms with E-state index in [1.54, 1.807) is 0 Å². The molecule has 0 bridgehead atoms. The van der Waals surface area contributed by atoms with E-state index in [1.165, 1.54) is 0 Å². The van der Waals surface area contributed by atoms with Gasteiger partial charge in [-0.25, -0.2) is 0 Å². The Balaban J connectivity index is 2.18. The maximum atomic E-state index is 6.73. The van der Waals surface area contributed by atoms with Crippen LogP contribution in [0.15, 0.2) is 63.5 Å². The molecule has 0 heterocycles. The zero-order chi connectivity index (χ0) is 15.0. The summed E-state index contributed by atoms with van der Waals surface area (Å²) in [7, 11) is 0. The molecule has 1 unspecified atom stereocenters. The van der Waals surface area contributed by atoms with E-state index in [9.17, 15) is 0 Å². The average molecular weight is 445 g/mol. The quantitative estimate of drug-likeness (QED) is 0.362. The summed E-state index contributed by atoms with van der Waals surface area (Å²) in [5.74, 6) is 0. The summed E-state index contributed by atoms with van der Waals surface area (Å²) in [4.78, 5) is 0. The lowest BCUT2D eigenvalue weighted by atomic mass is 9.98. The van der Waals surface area contributed by atoms with Crippen LogP contribution in [0.2, 0.25) is 5.02 Å². The fourth-order valence-corrected chi connectivity index (χ4v) is 4.40. The third-order valence-electron chi connectivity index (χ3n) is 3.41. The van der Waals surface area contributed by atoms with Gasteiger partial charge in [0.1, 0.15) is 0 Å². The van der Waals surface area contributed by atoms with Crippen LogP contribution in [0.25, 0.3) is 10.8 Å². The van der Waals surface area contributed by atoms with E-state index in [4.69, 9.17) is 23.2 Å². The highest BCUT2D eigenvalue weighted by Gasteiger charge is 2.17. The second-order valence-electron chi connectivity index (χ2n) is 4.71. The van der Waals surface area contributed by atoms with E-state index < -0.39 is 0 Å². The van der Waals surface area contributed by atoms with E-state index in [2.05, 4.69) is 37.9 Å². The molecule has 0 saturated carbocycles. The third kappa shape index (κ3) is 3.00. The lowest BCUT2D eigenvalue weighted by Gasteiger charge is -2.16. The van der Waals surface area contributed by atoms with Gasteiger partial charge in [-0.15, -0.1) is 11.6 Å². The summed E-state index contributed by atoms with van der Waals surface area (Å²) in [5.41, 5.74) is 2.09. The van der Waals surface area contributed by atoms with Crippen molar-refractivity contribution in [1.29, 1.82) is 0 Å². The molecule has 0 fully saturated rings. The smallest absolute Gasteiger partial charge is 0.0852 e. The molecule has 0 aromatic heterocycles. The minimum Gasteiger partial charge on any atom is -0.113 e. The van der Waals surface area contributed by atoms with E-state index in [0.29, 0.717) is 0 Å². The second kappa shape index (κ2) is 6.29. The van der Waals surface area contributed by atoms with Crippen molar-refractivity contribution < 1.29 is 0 Å². The number of fused-ring (bicyclic) bond motifs is 1. The van der Waals surface area contributed by atoms with E-state index in [1.807, 2.05) is 48.5 Å². The monoisotopic (exact) mass is 442 g/mol. The summed E-state index contributed by atoms with van der Waals surface area (Å²) >= 11 is 20.0. The molecule has 3 aromatic rings. The molecule has 3 rings (SSSR count). The van der Waals surface area contributed by atoms with Gasteiger partial charge in [-0.3, -0.25) is 0 Å². The fourth-order valence-electron chi connectivity index (χ4n) is 2.38. The number of rotatable bonds is 2. The van der Waals surface area contributed by atoms with Gasteiger partial charge in [0.15, 0.2) is 0 Å². The van der Waals surface area contributed by atoms with E-state index >= 15 is 0 Å². The Labute approximate surface area is 150 Å². The van der Waals surface area contributed by atoms with Crippen molar-refractivity contribution in [1.82, 2.24) is 0 Å². The van der Waals surface area contributed by atoms with Crippen LogP contribution in [0.3, 0.4) is 0 Å². The molecule has 0 spiro atoms. The lowest BCUT2D eigenvalue weighted by molar-refractivity contribution is 1.14. The normalized spacial score (nSPS) is 12.6. The zero-order valence-electron chi connectivity index (χ0n) is 10.8. The van der Waals surface area contributed by atoms with Gasteiger partial charge in [0.25, 0.3) is 0 Å². The van der Waals surface area contributed by atoms with Gasteiger partial charge in [0, 0.05) is 19.4 Å². The highest BCUT2D eigenvalue weighted by atomic mass is 79.9. The Morgan fingerprint density at radius 1 is 0.810 bits per heavy atom. The van der Waals surface area contributed by atoms with Crippen molar-refractivity contribution in [2.45, 2.75) is 5.38 Å². The molecule has 1 atom stereocenters. The molecule has 106 valence electrons. The number of alkyl halides is 1. The number of benzene rings is 3. The Morgan fingerprint density at radius 2 is 1.48 bits per heavy atom. The van der Waals surface area contributed by atoms with Crippen molar-refractivity contribution >= 4 is 65.8 Å². The molecule has 0 N–H and O–H groups in total. The molecule has 0 saturated heterocycles. The molecule has 0 aliphatic carbocycles. The van der Waals surface area contributed by atoms with Gasteiger partial charge >= 0.3 is 0 Å². The largest absolute Gasteiger partial charge is 0.113 e. The average Bonchev–Trinajstić information content (AvgIpc) is 2.47. The summed E-state index contributed by atoms with van der Waals surface area (Å²) < 4.78 is 2.00. The molecule has 0 nitrogen and oxygen atoms in total. The van der Waals surface area contributed by atoms with E-state index in [-0.39, 0.29) is 5.38 Å². The van der Waals surface area contributed by atoms with E-state index in [0.717, 1.165) is 35.9 Å². The first-order valence-corrected chi connectivity index (χ1v) is 8.74. The second-order valence-corrected chi connectivity index (χ2v) is 7.32. The summed E-state index contributed by atoms with van der Waals surface area (Å²) in [5, 5.41) is 2.61. The molecule has 0 aliphatic heterocycles. The molecule has 21 heavy (non-hydrogen) atoms. The highest BCUT2D eigenvalue weighted by molar-refractivity contribution is 9.11. The molecule has 3 aromatic carbocycles. The molecule has 0 radical (unpaired) electrons. The molecular formula is C17H10Br2Cl2. The van der Waals surface area contributed by atoms with Gasteiger partial charge in [0.2, 0.25) is 0 Å². The molecular weight excluding hydrogens is 435 g/mol. The molecule has 4 heteroatoms. The highest BCUT2D eigenvalue weighted by Crippen LogP contribution is 2.39. The first kappa shape index (κ1) is 15.4. The van der Waals surface area contributed by atoms with Crippen LogP contribution >= 0.6 is 55.1 Å². The Kier molecular flexibility index (Phi) is 4.60. The predicted molar refractivity (Wildman–Crippen MR) is 98.5 cm³/mol. The topological polar surface area (TPSA) is 0 Å². The maximum Gasteiger partial charge on any atom is 0.0852 e. The van der Waals surface area contributed by atoms with Gasteiger partial charge in [0.05, 0.1) is 5.38 Å². The molecule has 0 amide bonds. The van der Waals surface area contributed by atoms with Gasteiger partial charge < -0.3 is 0 Å². The zero-order valence-corrected chi connectivity index (χ0v) is 15.5. The van der Waals surface area contributed by atoms with Crippen LogP contribution < -0.4 is 0 Å². The van der Waals surface area contributed by atoms with Crippen molar-refractivity contribution in [3.8, 4) is 0 Å². The van der Waals surface area contributed by atoms with Crippen molar-refractivity contribution in [2.24, 2.45) is 0 Å². The Bertz CT molecular complexity index is 815. The van der Waals surface area contributed by atoms with Gasteiger partial charge in [-0.05, 0) is 34.7 Å². The maximum absolute atomic E-state index is 6.73. The van der Waals surface area contributed by atoms with Crippen LogP contribution in [0.4, 0.5) is 0 Å². The minimum absolute atomic E-state index is 0.241. The van der Waals surface area contributed by atoms with Crippen LogP contribution in [-0.4, -0.2) is 0 Å². The van der Waals surface area contributed by atoms with Gasteiger partial charge in [-0.2, -0.15) is 0 Å². The van der Waals surface area contributed by atoms with Crippen LogP contribution in [0.5, 0.6) is 0 Å². The third-order valence-corrected chi connectivity index (χ3v) is 5.39. The first-order chi connectivity index (χ1) is 10.1. The summed E-state index contributed by atoms with van der Waals surface area (Å²) in [6.45, 7) is 0. The molecule has 0 aliphatic rings. The Morgan fingerprint density at radius 3 is 2.19 bits per heavy atom. The van der Waals surface area contributed by atoms with Crippen LogP contribution in [0, 0.1) is 0 Å². The number of halogens is 4. The predicted octanol–water partition coefficient (Wildman–Crippen LogP) is 7.35. The standard InChI is InChI=1S/C17H10Br2Cl2/c18-10-5-6-14(15(19)9-10)17(21)13-7-8-16(20)12-4-2-1-3-11(12)13/h1-9,17H.